The van der Waals surface area contributed by atoms with Crippen LogP contribution in [-0.2, 0) is 11.3 Å². The fourth-order valence-electron chi connectivity index (χ4n) is 2.91. The Morgan fingerprint density at radius 1 is 1.42 bits per heavy atom. The highest BCUT2D eigenvalue weighted by Crippen LogP contribution is 2.19. The lowest BCUT2D eigenvalue weighted by molar-refractivity contribution is -0.118. The summed E-state index contributed by atoms with van der Waals surface area (Å²) in [5, 5.41) is 5.52. The van der Waals surface area contributed by atoms with Crippen LogP contribution in [0.5, 0.6) is 0 Å². The summed E-state index contributed by atoms with van der Waals surface area (Å²) in [6, 6.07) is -0.0381. The van der Waals surface area contributed by atoms with Crippen molar-refractivity contribution in [3.05, 3.63) is 16.1 Å². The van der Waals surface area contributed by atoms with E-state index < -0.39 is 0 Å². The Kier molecular flexibility index (Phi) is 6.99. The fraction of sp³-hybridized carbons (Fsp3) is 0.688. The fourth-order valence-corrected chi connectivity index (χ4v) is 3.77. The molecule has 134 valence electrons. The topological polar surface area (TPSA) is 77.6 Å². The summed E-state index contributed by atoms with van der Waals surface area (Å²) in [5.41, 5.74) is 3.00. The van der Waals surface area contributed by atoms with Crippen LogP contribution in [0, 0.1) is 12.8 Å². The van der Waals surface area contributed by atoms with Gasteiger partial charge < -0.3 is 20.4 Å². The molecule has 1 aliphatic heterocycles. The van der Waals surface area contributed by atoms with Crippen molar-refractivity contribution in [2.45, 2.75) is 26.8 Å². The predicted octanol–water partition coefficient (Wildman–Crippen LogP) is 1.05. The molecule has 1 saturated heterocycles. The highest BCUT2D eigenvalue weighted by Gasteiger charge is 2.26. The van der Waals surface area contributed by atoms with E-state index in [4.69, 9.17) is 0 Å². The zero-order chi connectivity index (χ0) is 17.5. The minimum absolute atomic E-state index is 0.0381. The summed E-state index contributed by atoms with van der Waals surface area (Å²) < 4.78 is 0. The van der Waals surface area contributed by atoms with E-state index in [-0.39, 0.29) is 11.9 Å². The summed E-state index contributed by atoms with van der Waals surface area (Å²) >= 11 is 1.70. The molecule has 0 aliphatic carbocycles. The van der Waals surface area contributed by atoms with Crippen LogP contribution in [0.15, 0.2) is 5.51 Å². The number of hydrogen-bond acceptors (Lipinski definition) is 5. The second kappa shape index (κ2) is 8.98. The Morgan fingerprint density at radius 3 is 2.83 bits per heavy atom. The van der Waals surface area contributed by atoms with Crippen LogP contribution in [0.3, 0.4) is 0 Å². The number of thiazole rings is 1. The van der Waals surface area contributed by atoms with Crippen molar-refractivity contribution in [1.29, 1.82) is 0 Å². The van der Waals surface area contributed by atoms with Gasteiger partial charge in [0, 0.05) is 51.1 Å². The van der Waals surface area contributed by atoms with E-state index in [2.05, 4.69) is 27.6 Å². The highest BCUT2D eigenvalue weighted by atomic mass is 32.1. The lowest BCUT2D eigenvalue weighted by Gasteiger charge is -2.21. The number of likely N-dealkylation sites (tertiary alicyclic amines) is 1. The minimum Gasteiger partial charge on any atom is -0.355 e. The number of urea groups is 1. The molecule has 1 aromatic rings. The molecule has 1 fully saturated rings. The highest BCUT2D eigenvalue weighted by molar-refractivity contribution is 7.09. The van der Waals surface area contributed by atoms with Crippen molar-refractivity contribution in [3.8, 4) is 0 Å². The molecular weight excluding hydrogens is 326 g/mol. The first-order chi connectivity index (χ1) is 11.5. The van der Waals surface area contributed by atoms with Gasteiger partial charge in [-0.15, -0.1) is 11.3 Å². The van der Waals surface area contributed by atoms with Crippen molar-refractivity contribution in [1.82, 2.24) is 25.4 Å². The van der Waals surface area contributed by atoms with Gasteiger partial charge >= 0.3 is 6.03 Å². The van der Waals surface area contributed by atoms with E-state index >= 15 is 0 Å². The monoisotopic (exact) mass is 353 g/mol. The molecule has 7 nitrogen and oxygen atoms in total. The maximum atomic E-state index is 12.1. The van der Waals surface area contributed by atoms with Crippen molar-refractivity contribution in [2.75, 3.05) is 39.8 Å². The van der Waals surface area contributed by atoms with Crippen molar-refractivity contribution >= 4 is 23.3 Å². The zero-order valence-corrected chi connectivity index (χ0v) is 15.5. The number of amides is 3. The molecule has 8 heteroatoms. The Morgan fingerprint density at radius 2 is 2.17 bits per heavy atom. The van der Waals surface area contributed by atoms with Gasteiger partial charge in [-0.1, -0.05) is 0 Å². The molecule has 24 heavy (non-hydrogen) atoms. The molecule has 1 atom stereocenters. The average Bonchev–Trinajstić information content (AvgIpc) is 3.13. The molecule has 1 aromatic heterocycles. The molecule has 2 heterocycles. The predicted molar refractivity (Wildman–Crippen MR) is 94.9 cm³/mol. The van der Waals surface area contributed by atoms with Crippen LogP contribution in [0.1, 0.15) is 23.9 Å². The first-order valence-corrected chi connectivity index (χ1v) is 9.18. The van der Waals surface area contributed by atoms with E-state index in [1.165, 1.54) is 11.8 Å². The third kappa shape index (κ3) is 5.76. The van der Waals surface area contributed by atoms with E-state index in [1.807, 2.05) is 17.3 Å². The Hall–Kier alpha value is -1.67. The molecule has 0 aromatic carbocycles. The minimum atomic E-state index is -0.0790. The lowest BCUT2D eigenvalue weighted by Crippen LogP contribution is -2.42. The normalized spacial score (nSPS) is 17.3. The molecular formula is C16H27N5O2S. The van der Waals surface area contributed by atoms with Gasteiger partial charge in [-0.25, -0.2) is 9.78 Å². The SMILES string of the molecule is CC(=O)NCCNC(=O)N1CC[C@H](CN(C)Cc2scnc2C)C1. The number of rotatable bonds is 7. The largest absolute Gasteiger partial charge is 0.355 e. The van der Waals surface area contributed by atoms with E-state index in [9.17, 15) is 9.59 Å². The van der Waals surface area contributed by atoms with Gasteiger partial charge in [0.05, 0.1) is 11.2 Å². The smallest absolute Gasteiger partial charge is 0.317 e. The number of hydrogen-bond donors (Lipinski definition) is 2. The van der Waals surface area contributed by atoms with Crippen molar-refractivity contribution < 1.29 is 9.59 Å². The van der Waals surface area contributed by atoms with Gasteiger partial charge in [0.25, 0.3) is 0 Å². The van der Waals surface area contributed by atoms with Gasteiger partial charge in [-0.3, -0.25) is 4.79 Å². The van der Waals surface area contributed by atoms with Crippen LogP contribution < -0.4 is 10.6 Å². The summed E-state index contributed by atoms with van der Waals surface area (Å²) in [6.45, 7) is 7.92. The molecule has 0 radical (unpaired) electrons. The molecule has 0 bridgehead atoms. The zero-order valence-electron chi connectivity index (χ0n) is 14.7. The number of carbonyl (C=O) groups excluding carboxylic acids is 2. The number of aryl methyl sites for hydroxylation is 1. The Bertz CT molecular complexity index is 562. The van der Waals surface area contributed by atoms with Crippen LogP contribution in [0.25, 0.3) is 0 Å². The van der Waals surface area contributed by atoms with Gasteiger partial charge in [-0.2, -0.15) is 0 Å². The maximum absolute atomic E-state index is 12.1. The van der Waals surface area contributed by atoms with E-state index in [0.717, 1.165) is 38.3 Å². The lowest BCUT2D eigenvalue weighted by atomic mass is 10.1. The van der Waals surface area contributed by atoms with Gasteiger partial charge in [0.15, 0.2) is 0 Å². The molecule has 0 saturated carbocycles. The molecule has 3 amide bonds. The maximum Gasteiger partial charge on any atom is 0.317 e. The molecule has 0 unspecified atom stereocenters. The second-order valence-corrected chi connectivity index (χ2v) is 7.31. The van der Waals surface area contributed by atoms with Crippen molar-refractivity contribution in [2.24, 2.45) is 5.92 Å². The van der Waals surface area contributed by atoms with Gasteiger partial charge in [-0.05, 0) is 26.3 Å². The summed E-state index contributed by atoms with van der Waals surface area (Å²) in [7, 11) is 2.12. The summed E-state index contributed by atoms with van der Waals surface area (Å²) in [4.78, 5) is 32.7. The quantitative estimate of drug-likeness (QED) is 0.719. The van der Waals surface area contributed by atoms with Gasteiger partial charge in [0.2, 0.25) is 5.91 Å². The number of nitrogens with zero attached hydrogens (tertiary/aromatic N) is 3. The first kappa shape index (κ1) is 18.7. The molecule has 2 N–H and O–H groups in total. The van der Waals surface area contributed by atoms with E-state index in [1.54, 1.807) is 11.3 Å². The van der Waals surface area contributed by atoms with Gasteiger partial charge in [0.1, 0.15) is 0 Å². The third-order valence-corrected chi connectivity index (χ3v) is 5.10. The van der Waals surface area contributed by atoms with Crippen LogP contribution in [0.2, 0.25) is 0 Å². The molecule has 1 aliphatic rings. The van der Waals surface area contributed by atoms with Crippen LogP contribution in [-0.4, -0.2) is 66.5 Å². The number of aromatic nitrogens is 1. The second-order valence-electron chi connectivity index (χ2n) is 6.37. The molecule has 2 rings (SSSR count). The Balaban J connectivity index is 1.67. The molecule has 0 spiro atoms. The van der Waals surface area contributed by atoms with E-state index in [0.29, 0.717) is 19.0 Å². The van der Waals surface area contributed by atoms with Crippen LogP contribution in [0.4, 0.5) is 4.79 Å². The summed E-state index contributed by atoms with van der Waals surface area (Å²) in [6.07, 6.45) is 1.03. The third-order valence-electron chi connectivity index (χ3n) is 4.18. The van der Waals surface area contributed by atoms with Crippen molar-refractivity contribution in [3.63, 3.8) is 0 Å². The summed E-state index contributed by atoms with van der Waals surface area (Å²) in [5.74, 6) is 0.425. The standard InChI is InChI=1S/C16H27N5O2S/c1-12-15(24-11-19-12)10-20(3)8-14-4-7-21(9-14)16(23)18-6-5-17-13(2)22/h11,14H,4-10H2,1-3H3,(H,17,22)(H,18,23)/t14-/m1/s1. The van der Waals surface area contributed by atoms with Crippen LogP contribution >= 0.6 is 11.3 Å². The Labute approximate surface area is 147 Å². The average molecular weight is 353 g/mol. The first-order valence-electron chi connectivity index (χ1n) is 8.30. The number of nitrogens with one attached hydrogen (secondary N) is 2. The number of carbonyl (C=O) groups is 2.